The van der Waals surface area contributed by atoms with Crippen LogP contribution in [0.2, 0.25) is 0 Å². The van der Waals surface area contributed by atoms with Crippen LogP contribution in [0.5, 0.6) is 0 Å². The van der Waals surface area contributed by atoms with Crippen LogP contribution in [0, 0.1) is 5.92 Å². The van der Waals surface area contributed by atoms with E-state index in [9.17, 15) is 4.79 Å². The van der Waals surface area contributed by atoms with Crippen molar-refractivity contribution >= 4 is 16.8 Å². The number of nitrogens with two attached hydrogens (primary N) is 1. The zero-order chi connectivity index (χ0) is 13.7. The number of H-pyrrole nitrogens is 1. The molecule has 5 heteroatoms. The molecule has 4 atom stereocenters. The molecule has 104 valence electrons. The third kappa shape index (κ3) is 1.60. The number of carbonyl (C=O) groups excluding carboxylic acids is 1. The van der Waals surface area contributed by atoms with E-state index >= 15 is 0 Å². The van der Waals surface area contributed by atoms with Gasteiger partial charge in [0, 0.05) is 41.2 Å². The monoisotopic (exact) mass is 271 g/mol. The van der Waals surface area contributed by atoms with E-state index in [1.165, 1.54) is 0 Å². The Labute approximate surface area is 116 Å². The number of amides is 1. The van der Waals surface area contributed by atoms with Gasteiger partial charge in [-0.05, 0) is 24.6 Å². The Bertz CT molecular complexity index is 666. The molecule has 4 rings (SSSR count). The number of nitrogens with one attached hydrogen (secondary N) is 2. The van der Waals surface area contributed by atoms with Gasteiger partial charge in [-0.15, -0.1) is 0 Å². The lowest BCUT2D eigenvalue weighted by Crippen LogP contribution is -2.68. The lowest BCUT2D eigenvalue weighted by molar-refractivity contribution is -0.0160. The quantitative estimate of drug-likeness (QED) is 0.762. The SMILES string of the molecule is NC1C2CCOC2C1NC(=O)c1cccc2[nH]ccc12. The van der Waals surface area contributed by atoms with Crippen LogP contribution in [0.4, 0.5) is 0 Å². The number of carbonyl (C=O) groups is 1. The molecule has 5 nitrogen and oxygen atoms in total. The van der Waals surface area contributed by atoms with Gasteiger partial charge >= 0.3 is 0 Å². The van der Waals surface area contributed by atoms with E-state index < -0.39 is 0 Å². The fourth-order valence-corrected chi connectivity index (χ4v) is 3.44. The molecule has 1 aliphatic heterocycles. The Kier molecular flexibility index (Phi) is 2.58. The molecule has 2 fully saturated rings. The highest BCUT2D eigenvalue weighted by atomic mass is 16.5. The Morgan fingerprint density at radius 1 is 1.40 bits per heavy atom. The van der Waals surface area contributed by atoms with Crippen LogP contribution in [0.3, 0.4) is 0 Å². The van der Waals surface area contributed by atoms with Gasteiger partial charge in [-0.3, -0.25) is 4.79 Å². The van der Waals surface area contributed by atoms with Crippen LogP contribution in [-0.2, 0) is 4.74 Å². The molecule has 2 heterocycles. The van der Waals surface area contributed by atoms with Crippen molar-refractivity contribution in [1.29, 1.82) is 0 Å². The lowest BCUT2D eigenvalue weighted by atomic mass is 9.72. The smallest absolute Gasteiger partial charge is 0.252 e. The van der Waals surface area contributed by atoms with Crippen molar-refractivity contribution in [2.75, 3.05) is 6.61 Å². The number of aromatic nitrogens is 1. The van der Waals surface area contributed by atoms with Crippen LogP contribution in [0.1, 0.15) is 16.8 Å². The summed E-state index contributed by atoms with van der Waals surface area (Å²) in [7, 11) is 0. The Morgan fingerprint density at radius 2 is 2.30 bits per heavy atom. The number of hydrogen-bond acceptors (Lipinski definition) is 3. The van der Waals surface area contributed by atoms with Gasteiger partial charge in [0.25, 0.3) is 5.91 Å². The lowest BCUT2D eigenvalue weighted by Gasteiger charge is -2.45. The second-order valence-electron chi connectivity index (χ2n) is 5.61. The summed E-state index contributed by atoms with van der Waals surface area (Å²) in [4.78, 5) is 15.6. The Balaban J connectivity index is 1.57. The van der Waals surface area contributed by atoms with Gasteiger partial charge in [0.05, 0.1) is 12.1 Å². The van der Waals surface area contributed by atoms with Gasteiger partial charge in [0.15, 0.2) is 0 Å². The molecule has 20 heavy (non-hydrogen) atoms. The molecule has 1 saturated heterocycles. The minimum Gasteiger partial charge on any atom is -0.376 e. The average Bonchev–Trinajstić information content (AvgIpc) is 3.10. The minimum absolute atomic E-state index is 0.0110. The van der Waals surface area contributed by atoms with Crippen molar-refractivity contribution in [3.63, 3.8) is 0 Å². The number of fused-ring (bicyclic) bond motifs is 2. The summed E-state index contributed by atoms with van der Waals surface area (Å²) < 4.78 is 5.64. The van der Waals surface area contributed by atoms with Gasteiger partial charge in [-0.2, -0.15) is 0 Å². The van der Waals surface area contributed by atoms with E-state index in [-0.39, 0.29) is 24.1 Å². The summed E-state index contributed by atoms with van der Waals surface area (Å²) in [5.74, 6) is 0.327. The predicted molar refractivity (Wildman–Crippen MR) is 75.4 cm³/mol. The molecular formula is C15H17N3O2. The summed E-state index contributed by atoms with van der Waals surface area (Å²) in [6.45, 7) is 0.753. The molecule has 1 aromatic heterocycles. The third-order valence-electron chi connectivity index (χ3n) is 4.58. The number of rotatable bonds is 2. The summed E-state index contributed by atoms with van der Waals surface area (Å²) in [6.07, 6.45) is 2.94. The van der Waals surface area contributed by atoms with E-state index in [0.717, 1.165) is 23.9 Å². The maximum Gasteiger partial charge on any atom is 0.252 e. The number of hydrogen-bond donors (Lipinski definition) is 3. The van der Waals surface area contributed by atoms with Gasteiger partial charge < -0.3 is 20.8 Å². The second kappa shape index (κ2) is 4.33. The normalized spacial score (nSPS) is 31.9. The number of benzene rings is 1. The van der Waals surface area contributed by atoms with Gasteiger partial charge in [0.2, 0.25) is 0 Å². The second-order valence-corrected chi connectivity index (χ2v) is 5.61. The molecule has 0 radical (unpaired) electrons. The first-order valence-corrected chi connectivity index (χ1v) is 7.00. The molecule has 2 aliphatic rings. The highest BCUT2D eigenvalue weighted by molar-refractivity contribution is 6.06. The van der Waals surface area contributed by atoms with E-state index in [1.807, 2.05) is 30.5 Å². The van der Waals surface area contributed by atoms with Gasteiger partial charge in [0.1, 0.15) is 0 Å². The Hall–Kier alpha value is -1.85. The van der Waals surface area contributed by atoms with E-state index in [0.29, 0.717) is 11.5 Å². The summed E-state index contributed by atoms with van der Waals surface area (Å²) in [6, 6.07) is 7.53. The highest BCUT2D eigenvalue weighted by Gasteiger charge is 2.52. The largest absolute Gasteiger partial charge is 0.376 e. The van der Waals surface area contributed by atoms with Crippen LogP contribution in [-0.4, -0.2) is 35.7 Å². The summed E-state index contributed by atoms with van der Waals surface area (Å²) >= 11 is 0. The molecular weight excluding hydrogens is 254 g/mol. The van der Waals surface area contributed by atoms with Crippen molar-refractivity contribution in [2.45, 2.75) is 24.6 Å². The number of ether oxygens (including phenoxy) is 1. The van der Waals surface area contributed by atoms with Crippen molar-refractivity contribution in [3.05, 3.63) is 36.0 Å². The van der Waals surface area contributed by atoms with Gasteiger partial charge in [-0.1, -0.05) is 6.07 Å². The fraction of sp³-hybridized carbons (Fsp3) is 0.400. The highest BCUT2D eigenvalue weighted by Crippen LogP contribution is 2.37. The molecule has 1 aliphatic carbocycles. The molecule has 2 aromatic rings. The van der Waals surface area contributed by atoms with Gasteiger partial charge in [-0.25, -0.2) is 0 Å². The Morgan fingerprint density at radius 3 is 3.20 bits per heavy atom. The molecule has 4 N–H and O–H groups in total. The maximum atomic E-state index is 12.5. The summed E-state index contributed by atoms with van der Waals surface area (Å²) in [5.41, 5.74) is 7.77. The van der Waals surface area contributed by atoms with Crippen molar-refractivity contribution in [3.8, 4) is 0 Å². The first-order valence-electron chi connectivity index (χ1n) is 7.00. The van der Waals surface area contributed by atoms with E-state index in [2.05, 4.69) is 10.3 Å². The van der Waals surface area contributed by atoms with E-state index in [1.54, 1.807) is 0 Å². The van der Waals surface area contributed by atoms with Crippen LogP contribution < -0.4 is 11.1 Å². The van der Waals surface area contributed by atoms with Crippen molar-refractivity contribution in [1.82, 2.24) is 10.3 Å². The minimum atomic E-state index is -0.0791. The van der Waals surface area contributed by atoms with Crippen LogP contribution in [0.15, 0.2) is 30.5 Å². The first-order chi connectivity index (χ1) is 9.75. The molecule has 1 saturated carbocycles. The van der Waals surface area contributed by atoms with E-state index in [4.69, 9.17) is 10.5 Å². The molecule has 1 aromatic carbocycles. The van der Waals surface area contributed by atoms with Crippen molar-refractivity contribution in [2.24, 2.45) is 11.7 Å². The number of aromatic amines is 1. The topological polar surface area (TPSA) is 80.1 Å². The third-order valence-corrected chi connectivity index (χ3v) is 4.58. The van der Waals surface area contributed by atoms with Crippen molar-refractivity contribution < 1.29 is 9.53 Å². The molecule has 4 unspecified atom stereocenters. The molecule has 0 spiro atoms. The first kappa shape index (κ1) is 11.9. The van der Waals surface area contributed by atoms with Crippen LogP contribution >= 0.6 is 0 Å². The average molecular weight is 271 g/mol. The fourth-order valence-electron chi connectivity index (χ4n) is 3.44. The van der Waals surface area contributed by atoms with Crippen LogP contribution in [0.25, 0.3) is 10.9 Å². The molecule has 0 bridgehead atoms. The zero-order valence-corrected chi connectivity index (χ0v) is 11.0. The summed E-state index contributed by atoms with van der Waals surface area (Å²) in [5, 5.41) is 3.97. The molecule has 1 amide bonds. The zero-order valence-electron chi connectivity index (χ0n) is 11.0. The standard InChI is InChI=1S/C15H17N3O2/c16-12-10-5-7-20-14(10)13(12)18-15(19)9-2-1-3-11-8(9)4-6-17-11/h1-4,6,10,12-14,17H,5,7,16H2,(H,18,19). The maximum absolute atomic E-state index is 12.5. The predicted octanol–water partition coefficient (Wildman–Crippen LogP) is 1.01.